The summed E-state index contributed by atoms with van der Waals surface area (Å²) in [6, 6.07) is 5.65. The van der Waals surface area contributed by atoms with Crippen molar-refractivity contribution in [3.63, 3.8) is 0 Å². The highest BCUT2D eigenvalue weighted by molar-refractivity contribution is 5.79. The van der Waals surface area contributed by atoms with Crippen LogP contribution in [0.5, 0.6) is 0 Å². The monoisotopic (exact) mass is 360 g/mol. The lowest BCUT2D eigenvalue weighted by Gasteiger charge is -2.33. The predicted molar refractivity (Wildman–Crippen MR) is 87.3 cm³/mol. The van der Waals surface area contributed by atoms with E-state index in [4.69, 9.17) is 0 Å². The SMILES string of the molecule is CN(C)C(CNC(=O)C1CCCCC1C(F)(F)F)c1ccc(F)cc1. The molecule has 0 spiro atoms. The van der Waals surface area contributed by atoms with Crippen LogP contribution in [0.15, 0.2) is 24.3 Å². The van der Waals surface area contributed by atoms with Crippen molar-refractivity contribution in [1.29, 1.82) is 0 Å². The Bertz CT molecular complexity index is 571. The van der Waals surface area contributed by atoms with Crippen LogP contribution >= 0.6 is 0 Å². The molecule has 3 nitrogen and oxygen atoms in total. The van der Waals surface area contributed by atoms with Crippen LogP contribution in [0, 0.1) is 17.7 Å². The summed E-state index contributed by atoms with van der Waals surface area (Å²) < 4.78 is 52.5. The molecule has 3 unspecified atom stereocenters. The Hall–Kier alpha value is -1.63. The number of hydrogen-bond donors (Lipinski definition) is 1. The van der Waals surface area contributed by atoms with E-state index in [0.717, 1.165) is 5.56 Å². The zero-order valence-electron chi connectivity index (χ0n) is 14.4. The maximum absolute atomic E-state index is 13.2. The van der Waals surface area contributed by atoms with E-state index in [-0.39, 0.29) is 31.2 Å². The van der Waals surface area contributed by atoms with E-state index >= 15 is 0 Å². The van der Waals surface area contributed by atoms with Crippen LogP contribution in [0.1, 0.15) is 37.3 Å². The molecular formula is C18H24F4N2O. The number of halogens is 4. The van der Waals surface area contributed by atoms with Gasteiger partial charge in [0.2, 0.25) is 5.91 Å². The molecule has 140 valence electrons. The summed E-state index contributed by atoms with van der Waals surface area (Å²) in [7, 11) is 3.61. The van der Waals surface area contributed by atoms with Crippen molar-refractivity contribution in [1.82, 2.24) is 10.2 Å². The third-order valence-electron chi connectivity index (χ3n) is 4.87. The molecule has 1 aromatic rings. The second-order valence-corrected chi connectivity index (χ2v) is 6.82. The Morgan fingerprint density at radius 2 is 1.80 bits per heavy atom. The number of carbonyl (C=O) groups is 1. The third-order valence-corrected chi connectivity index (χ3v) is 4.87. The topological polar surface area (TPSA) is 32.3 Å². The van der Waals surface area contributed by atoms with Crippen LogP contribution in [0.2, 0.25) is 0 Å². The van der Waals surface area contributed by atoms with Gasteiger partial charge in [0, 0.05) is 12.5 Å². The summed E-state index contributed by atoms with van der Waals surface area (Å²) in [6.45, 7) is 0.179. The predicted octanol–water partition coefficient (Wildman–Crippen LogP) is 3.91. The summed E-state index contributed by atoms with van der Waals surface area (Å²) in [5.41, 5.74) is 0.794. The maximum Gasteiger partial charge on any atom is 0.392 e. The summed E-state index contributed by atoms with van der Waals surface area (Å²) in [5.74, 6) is -3.49. The Kier molecular flexibility index (Phi) is 6.43. The van der Waals surface area contributed by atoms with Gasteiger partial charge in [-0.05, 0) is 44.6 Å². The molecule has 3 atom stereocenters. The lowest BCUT2D eigenvalue weighted by atomic mass is 9.78. The fourth-order valence-corrected chi connectivity index (χ4v) is 3.45. The number of nitrogens with one attached hydrogen (secondary N) is 1. The molecule has 0 heterocycles. The van der Waals surface area contributed by atoms with Crippen molar-refractivity contribution < 1.29 is 22.4 Å². The summed E-state index contributed by atoms with van der Waals surface area (Å²) in [4.78, 5) is 14.2. The van der Waals surface area contributed by atoms with E-state index < -0.39 is 23.9 Å². The first-order valence-corrected chi connectivity index (χ1v) is 8.46. The lowest BCUT2D eigenvalue weighted by Crippen LogP contribution is -2.44. The highest BCUT2D eigenvalue weighted by Crippen LogP contribution is 2.41. The number of benzene rings is 1. The number of likely N-dealkylation sites (N-methyl/N-ethyl adjacent to an activating group) is 1. The van der Waals surface area contributed by atoms with Gasteiger partial charge in [-0.15, -0.1) is 0 Å². The van der Waals surface area contributed by atoms with Gasteiger partial charge >= 0.3 is 6.18 Å². The average Bonchev–Trinajstić information content (AvgIpc) is 2.55. The van der Waals surface area contributed by atoms with Gasteiger partial charge in [0.1, 0.15) is 5.82 Å². The van der Waals surface area contributed by atoms with Gasteiger partial charge in [0.25, 0.3) is 0 Å². The van der Waals surface area contributed by atoms with Crippen molar-refractivity contribution in [2.75, 3.05) is 20.6 Å². The van der Waals surface area contributed by atoms with Crippen LogP contribution in [-0.4, -0.2) is 37.6 Å². The quantitative estimate of drug-likeness (QED) is 0.808. The minimum Gasteiger partial charge on any atom is -0.354 e. The minimum absolute atomic E-state index is 0.0106. The van der Waals surface area contributed by atoms with E-state index in [1.807, 2.05) is 4.90 Å². The van der Waals surface area contributed by atoms with E-state index in [0.29, 0.717) is 12.8 Å². The molecule has 1 fully saturated rings. The second-order valence-electron chi connectivity index (χ2n) is 6.82. The summed E-state index contributed by atoms with van der Waals surface area (Å²) in [5, 5.41) is 2.67. The van der Waals surface area contributed by atoms with Gasteiger partial charge in [0.15, 0.2) is 0 Å². The van der Waals surface area contributed by atoms with Crippen LogP contribution in [-0.2, 0) is 4.79 Å². The fourth-order valence-electron chi connectivity index (χ4n) is 3.45. The number of amides is 1. The molecule has 0 saturated heterocycles. The molecular weight excluding hydrogens is 336 g/mol. The average molecular weight is 360 g/mol. The zero-order chi connectivity index (χ0) is 18.6. The molecule has 1 aliphatic rings. The molecule has 7 heteroatoms. The highest BCUT2D eigenvalue weighted by Gasteiger charge is 2.48. The minimum atomic E-state index is -4.35. The molecule has 25 heavy (non-hydrogen) atoms. The molecule has 2 rings (SSSR count). The molecule has 1 N–H and O–H groups in total. The fraction of sp³-hybridized carbons (Fsp3) is 0.611. The van der Waals surface area contributed by atoms with Crippen LogP contribution in [0.3, 0.4) is 0 Å². The summed E-state index contributed by atoms with van der Waals surface area (Å²) in [6.07, 6.45) is -2.93. The van der Waals surface area contributed by atoms with E-state index in [2.05, 4.69) is 5.32 Å². The molecule has 0 aliphatic heterocycles. The molecule has 0 aromatic heterocycles. The normalized spacial score (nSPS) is 22.7. The van der Waals surface area contributed by atoms with Crippen molar-refractivity contribution >= 4 is 5.91 Å². The Morgan fingerprint density at radius 1 is 1.20 bits per heavy atom. The van der Waals surface area contributed by atoms with E-state index in [1.165, 1.54) is 12.1 Å². The van der Waals surface area contributed by atoms with Crippen molar-refractivity contribution in [3.05, 3.63) is 35.6 Å². The van der Waals surface area contributed by atoms with Crippen molar-refractivity contribution in [3.8, 4) is 0 Å². The molecule has 1 aliphatic carbocycles. The van der Waals surface area contributed by atoms with E-state index in [9.17, 15) is 22.4 Å². The number of nitrogens with zero attached hydrogens (tertiary/aromatic N) is 1. The molecule has 0 radical (unpaired) electrons. The smallest absolute Gasteiger partial charge is 0.354 e. The lowest BCUT2D eigenvalue weighted by molar-refractivity contribution is -0.198. The largest absolute Gasteiger partial charge is 0.392 e. The molecule has 0 bridgehead atoms. The van der Waals surface area contributed by atoms with Crippen molar-refractivity contribution in [2.24, 2.45) is 11.8 Å². The zero-order valence-corrected chi connectivity index (χ0v) is 14.4. The Balaban J connectivity index is 2.04. The van der Waals surface area contributed by atoms with Gasteiger partial charge in [-0.3, -0.25) is 4.79 Å². The first-order chi connectivity index (χ1) is 11.7. The Morgan fingerprint density at radius 3 is 2.36 bits per heavy atom. The number of hydrogen-bond acceptors (Lipinski definition) is 2. The third kappa shape index (κ3) is 5.17. The second kappa shape index (κ2) is 8.17. The first kappa shape index (κ1) is 19.7. The van der Waals surface area contributed by atoms with Crippen molar-refractivity contribution in [2.45, 2.75) is 37.9 Å². The first-order valence-electron chi connectivity index (χ1n) is 8.46. The van der Waals surface area contributed by atoms with Crippen LogP contribution in [0.25, 0.3) is 0 Å². The van der Waals surface area contributed by atoms with Gasteiger partial charge < -0.3 is 10.2 Å². The Labute approximate surface area is 145 Å². The van der Waals surface area contributed by atoms with Gasteiger partial charge in [0.05, 0.1) is 12.0 Å². The molecule has 1 saturated carbocycles. The standard InChI is InChI=1S/C18H24F4N2O/c1-24(2)16(12-7-9-13(19)10-8-12)11-23-17(25)14-5-3-4-6-15(14)18(20,21)22/h7-10,14-16H,3-6,11H2,1-2H3,(H,23,25). The van der Waals surface area contributed by atoms with Gasteiger partial charge in [-0.2, -0.15) is 13.2 Å². The van der Waals surface area contributed by atoms with E-state index in [1.54, 1.807) is 26.2 Å². The number of rotatable bonds is 5. The summed E-state index contributed by atoms with van der Waals surface area (Å²) >= 11 is 0. The highest BCUT2D eigenvalue weighted by atomic mass is 19.4. The van der Waals surface area contributed by atoms with Crippen LogP contribution < -0.4 is 5.32 Å². The van der Waals surface area contributed by atoms with Gasteiger partial charge in [-0.25, -0.2) is 4.39 Å². The number of carbonyl (C=O) groups excluding carboxylic acids is 1. The maximum atomic E-state index is 13.2. The molecule has 1 amide bonds. The molecule has 1 aromatic carbocycles. The van der Waals surface area contributed by atoms with Crippen LogP contribution in [0.4, 0.5) is 17.6 Å². The van der Waals surface area contributed by atoms with Gasteiger partial charge in [-0.1, -0.05) is 25.0 Å². The number of alkyl halides is 3.